The second-order valence-electron chi connectivity index (χ2n) is 4.27. The first-order chi connectivity index (χ1) is 9.95. The number of hydrogen-bond acceptors (Lipinski definition) is 3. The summed E-state index contributed by atoms with van der Waals surface area (Å²) in [6, 6.07) is 4.39. The molecule has 7 heteroatoms. The zero-order valence-electron chi connectivity index (χ0n) is 11.1. The molecule has 2 aromatic rings. The minimum Gasteiger partial charge on any atom is -0.478 e. The summed E-state index contributed by atoms with van der Waals surface area (Å²) in [5.74, 6) is -1.34. The van der Waals surface area contributed by atoms with Gasteiger partial charge in [0.1, 0.15) is 0 Å². The van der Waals surface area contributed by atoms with Gasteiger partial charge in [0.25, 0.3) is 0 Å². The Balaban J connectivity index is 2.06. The number of aromatic nitrogens is 2. The van der Waals surface area contributed by atoms with Crippen LogP contribution < -0.4 is 5.32 Å². The van der Waals surface area contributed by atoms with Crippen molar-refractivity contribution in [3.63, 3.8) is 0 Å². The van der Waals surface area contributed by atoms with Crippen molar-refractivity contribution >= 4 is 39.6 Å². The molecule has 1 aromatic carbocycles. The number of halogens is 1. The monoisotopic (exact) mass is 349 g/mol. The molecule has 0 bridgehead atoms. The van der Waals surface area contributed by atoms with E-state index in [0.717, 1.165) is 5.56 Å². The van der Waals surface area contributed by atoms with Gasteiger partial charge in [0.05, 0.1) is 17.4 Å². The van der Waals surface area contributed by atoms with Crippen LogP contribution in [0.4, 0.5) is 5.69 Å². The number of aromatic carboxylic acids is 1. The molecule has 1 heterocycles. The van der Waals surface area contributed by atoms with Gasteiger partial charge in [0.2, 0.25) is 5.91 Å². The molecule has 0 atom stereocenters. The predicted molar refractivity (Wildman–Crippen MR) is 82.0 cm³/mol. The van der Waals surface area contributed by atoms with Crippen molar-refractivity contribution in [2.45, 2.75) is 0 Å². The SMILES string of the molecule is Cn1cc(C=CC(=O)Nc2ccc(C(=O)O)cc2Br)cn1. The highest BCUT2D eigenvalue weighted by atomic mass is 79.9. The molecule has 6 nitrogen and oxygen atoms in total. The van der Waals surface area contributed by atoms with E-state index >= 15 is 0 Å². The van der Waals surface area contributed by atoms with E-state index in [4.69, 9.17) is 5.11 Å². The van der Waals surface area contributed by atoms with Gasteiger partial charge < -0.3 is 10.4 Å². The van der Waals surface area contributed by atoms with Crippen molar-refractivity contribution < 1.29 is 14.7 Å². The molecule has 21 heavy (non-hydrogen) atoms. The Morgan fingerprint density at radius 1 is 1.43 bits per heavy atom. The normalized spacial score (nSPS) is 10.8. The topological polar surface area (TPSA) is 84.2 Å². The molecular formula is C14H12BrN3O3. The Hall–Kier alpha value is -2.41. The summed E-state index contributed by atoms with van der Waals surface area (Å²) in [6.07, 6.45) is 6.44. The molecule has 0 saturated carbocycles. The summed E-state index contributed by atoms with van der Waals surface area (Å²) < 4.78 is 2.14. The van der Waals surface area contributed by atoms with Crippen LogP contribution in [0.25, 0.3) is 6.08 Å². The summed E-state index contributed by atoms with van der Waals surface area (Å²) in [4.78, 5) is 22.6. The van der Waals surface area contributed by atoms with Crippen molar-refractivity contribution in [2.24, 2.45) is 7.05 Å². The first kappa shape index (κ1) is 15.0. The van der Waals surface area contributed by atoms with Crippen LogP contribution in [0.15, 0.2) is 41.1 Å². The molecule has 0 aliphatic rings. The number of carboxylic acids is 1. The van der Waals surface area contributed by atoms with E-state index in [1.807, 2.05) is 0 Å². The molecule has 2 N–H and O–H groups in total. The van der Waals surface area contributed by atoms with Crippen LogP contribution in [0, 0.1) is 0 Å². The van der Waals surface area contributed by atoms with Gasteiger partial charge in [-0.2, -0.15) is 5.10 Å². The molecule has 0 unspecified atom stereocenters. The maximum absolute atomic E-state index is 11.8. The second-order valence-corrected chi connectivity index (χ2v) is 5.12. The molecule has 0 saturated heterocycles. The van der Waals surface area contributed by atoms with E-state index in [1.54, 1.807) is 30.2 Å². The Labute approximate surface area is 129 Å². The maximum Gasteiger partial charge on any atom is 0.335 e. The lowest BCUT2D eigenvalue weighted by atomic mass is 10.2. The van der Waals surface area contributed by atoms with Crippen molar-refractivity contribution in [3.05, 3.63) is 52.3 Å². The zero-order chi connectivity index (χ0) is 15.4. The molecule has 1 aromatic heterocycles. The number of nitrogens with one attached hydrogen (secondary N) is 1. The van der Waals surface area contributed by atoms with E-state index < -0.39 is 5.97 Å². The molecule has 0 spiro atoms. The van der Waals surface area contributed by atoms with Gasteiger partial charge in [-0.3, -0.25) is 9.48 Å². The van der Waals surface area contributed by atoms with Gasteiger partial charge in [-0.05, 0) is 40.2 Å². The number of rotatable bonds is 4. The van der Waals surface area contributed by atoms with Gasteiger partial charge in [-0.1, -0.05) is 0 Å². The van der Waals surface area contributed by atoms with E-state index in [0.29, 0.717) is 10.2 Å². The van der Waals surface area contributed by atoms with Crippen LogP contribution in [0.1, 0.15) is 15.9 Å². The van der Waals surface area contributed by atoms with Crippen molar-refractivity contribution in [2.75, 3.05) is 5.32 Å². The van der Waals surface area contributed by atoms with E-state index in [1.165, 1.54) is 24.3 Å². The summed E-state index contributed by atoms with van der Waals surface area (Å²) in [5, 5.41) is 15.5. The summed E-state index contributed by atoms with van der Waals surface area (Å²) in [7, 11) is 1.79. The number of anilines is 1. The van der Waals surface area contributed by atoms with Crippen LogP contribution >= 0.6 is 15.9 Å². The highest BCUT2D eigenvalue weighted by Gasteiger charge is 2.08. The maximum atomic E-state index is 11.8. The highest BCUT2D eigenvalue weighted by molar-refractivity contribution is 9.10. The summed E-state index contributed by atoms with van der Waals surface area (Å²) >= 11 is 3.23. The quantitative estimate of drug-likeness (QED) is 0.830. The fraction of sp³-hybridized carbons (Fsp3) is 0.0714. The van der Waals surface area contributed by atoms with Gasteiger partial charge in [0, 0.05) is 29.4 Å². The lowest BCUT2D eigenvalue weighted by Gasteiger charge is -2.05. The summed E-state index contributed by atoms with van der Waals surface area (Å²) in [6.45, 7) is 0. The van der Waals surface area contributed by atoms with E-state index in [2.05, 4.69) is 26.3 Å². The molecule has 1 amide bonds. The number of aryl methyl sites for hydroxylation is 1. The zero-order valence-corrected chi connectivity index (χ0v) is 12.7. The van der Waals surface area contributed by atoms with Gasteiger partial charge in [-0.15, -0.1) is 0 Å². The molecule has 0 aliphatic carbocycles. The fourth-order valence-corrected chi connectivity index (χ4v) is 2.10. The molecule has 2 rings (SSSR count). The molecular weight excluding hydrogens is 338 g/mol. The Morgan fingerprint density at radius 3 is 2.76 bits per heavy atom. The molecule has 0 fully saturated rings. The lowest BCUT2D eigenvalue weighted by molar-refractivity contribution is -0.111. The van der Waals surface area contributed by atoms with E-state index in [9.17, 15) is 9.59 Å². The standard InChI is InChI=1S/C14H12BrN3O3/c1-18-8-9(7-16-18)2-5-13(19)17-12-4-3-10(14(20)21)6-11(12)15/h2-8H,1H3,(H,17,19)(H,20,21). The first-order valence-electron chi connectivity index (χ1n) is 5.96. The number of amides is 1. The Bertz CT molecular complexity index is 722. The third-order valence-electron chi connectivity index (χ3n) is 2.63. The minimum absolute atomic E-state index is 0.144. The predicted octanol–water partition coefficient (Wildman–Crippen LogP) is 2.53. The molecule has 0 aliphatic heterocycles. The third kappa shape index (κ3) is 4.03. The van der Waals surface area contributed by atoms with Crippen molar-refractivity contribution in [3.8, 4) is 0 Å². The van der Waals surface area contributed by atoms with Gasteiger partial charge in [0.15, 0.2) is 0 Å². The summed E-state index contributed by atoms with van der Waals surface area (Å²) in [5.41, 5.74) is 1.46. The average Bonchev–Trinajstić information content (AvgIpc) is 2.84. The van der Waals surface area contributed by atoms with Crippen LogP contribution in [-0.4, -0.2) is 26.8 Å². The number of hydrogen-bond donors (Lipinski definition) is 2. The van der Waals surface area contributed by atoms with Crippen LogP contribution in [0.5, 0.6) is 0 Å². The smallest absolute Gasteiger partial charge is 0.335 e. The van der Waals surface area contributed by atoms with Gasteiger partial charge in [-0.25, -0.2) is 4.79 Å². The number of carbonyl (C=O) groups excluding carboxylic acids is 1. The Morgan fingerprint density at radius 2 is 2.19 bits per heavy atom. The second kappa shape index (κ2) is 6.36. The highest BCUT2D eigenvalue weighted by Crippen LogP contribution is 2.23. The van der Waals surface area contributed by atoms with E-state index in [-0.39, 0.29) is 11.5 Å². The minimum atomic E-state index is -1.02. The number of benzene rings is 1. The average molecular weight is 350 g/mol. The number of nitrogens with zero attached hydrogens (tertiary/aromatic N) is 2. The Kier molecular flexibility index (Phi) is 4.54. The van der Waals surface area contributed by atoms with Crippen LogP contribution in [0.2, 0.25) is 0 Å². The first-order valence-corrected chi connectivity index (χ1v) is 6.75. The van der Waals surface area contributed by atoms with Crippen LogP contribution in [0.3, 0.4) is 0 Å². The fourth-order valence-electron chi connectivity index (χ4n) is 1.62. The third-order valence-corrected chi connectivity index (χ3v) is 3.28. The lowest BCUT2D eigenvalue weighted by Crippen LogP contribution is -2.08. The molecule has 108 valence electrons. The molecule has 0 radical (unpaired) electrons. The van der Waals surface area contributed by atoms with Crippen LogP contribution in [-0.2, 0) is 11.8 Å². The van der Waals surface area contributed by atoms with Gasteiger partial charge >= 0.3 is 5.97 Å². The van der Waals surface area contributed by atoms with Crippen molar-refractivity contribution in [1.82, 2.24) is 9.78 Å². The number of carboxylic acid groups (broad SMARTS) is 1. The van der Waals surface area contributed by atoms with Crippen molar-refractivity contribution in [1.29, 1.82) is 0 Å². The largest absolute Gasteiger partial charge is 0.478 e. The number of carbonyl (C=O) groups is 2.